The summed E-state index contributed by atoms with van der Waals surface area (Å²) in [5, 5.41) is 0. The van der Waals surface area contributed by atoms with E-state index >= 15 is 0 Å². The van der Waals surface area contributed by atoms with E-state index in [9.17, 15) is 14.4 Å². The molecular formula is C24H30O8. The van der Waals surface area contributed by atoms with Crippen molar-refractivity contribution in [3.8, 4) is 0 Å². The van der Waals surface area contributed by atoms with E-state index in [0.29, 0.717) is 25.9 Å². The molecule has 32 heavy (non-hydrogen) atoms. The molecular weight excluding hydrogens is 416 g/mol. The quantitative estimate of drug-likeness (QED) is 0.513. The van der Waals surface area contributed by atoms with Crippen molar-refractivity contribution in [1.82, 2.24) is 0 Å². The molecule has 0 N–H and O–H groups in total. The first-order valence-corrected chi connectivity index (χ1v) is 11.4. The van der Waals surface area contributed by atoms with Crippen LogP contribution in [0.15, 0.2) is 23.0 Å². The van der Waals surface area contributed by atoms with Crippen LogP contribution < -0.4 is 0 Å². The van der Waals surface area contributed by atoms with Gasteiger partial charge in [-0.05, 0) is 37.2 Å². The van der Waals surface area contributed by atoms with Crippen molar-refractivity contribution in [3.63, 3.8) is 0 Å². The molecule has 1 aromatic rings. The van der Waals surface area contributed by atoms with Crippen molar-refractivity contribution in [2.24, 2.45) is 22.7 Å². The van der Waals surface area contributed by atoms with Gasteiger partial charge >= 0.3 is 17.9 Å². The highest BCUT2D eigenvalue weighted by Gasteiger charge is 2.79. The van der Waals surface area contributed by atoms with Crippen LogP contribution in [0.1, 0.15) is 64.5 Å². The molecule has 0 radical (unpaired) electrons. The van der Waals surface area contributed by atoms with Crippen LogP contribution >= 0.6 is 0 Å². The predicted molar refractivity (Wildman–Crippen MR) is 109 cm³/mol. The number of cyclic esters (lactones) is 1. The van der Waals surface area contributed by atoms with Gasteiger partial charge in [-0.2, -0.15) is 0 Å². The third-order valence-electron chi connectivity index (χ3n) is 8.66. The van der Waals surface area contributed by atoms with Crippen LogP contribution in [0.5, 0.6) is 0 Å². The molecule has 2 saturated heterocycles. The Kier molecular flexibility index (Phi) is 4.93. The van der Waals surface area contributed by atoms with Gasteiger partial charge in [0, 0.05) is 25.8 Å². The van der Waals surface area contributed by atoms with Crippen LogP contribution in [0.4, 0.5) is 0 Å². The lowest BCUT2D eigenvalue weighted by atomic mass is 9.40. The predicted octanol–water partition coefficient (Wildman–Crippen LogP) is 3.34. The van der Waals surface area contributed by atoms with E-state index in [4.69, 9.17) is 23.4 Å². The van der Waals surface area contributed by atoms with E-state index in [0.717, 1.165) is 18.4 Å². The standard InChI is InChI=1S/C24H30O8/c1-14-9-20(31-16(3)26)24-13-30-22(24,12-29-15(2)25)7-4-5-19(24)23(14)10-18(32-21(23)27)17-6-8-28-11-17/h6,8,11,14,18-20H,4-5,7,9-10,12-13H2,1-3H3/t14-,18+,19-,20-,22+,23-,24+/m1/s1. The monoisotopic (exact) mass is 446 g/mol. The maximum atomic E-state index is 13.6. The van der Waals surface area contributed by atoms with Crippen molar-refractivity contribution < 1.29 is 37.7 Å². The van der Waals surface area contributed by atoms with Gasteiger partial charge in [-0.15, -0.1) is 0 Å². The molecule has 0 bridgehead atoms. The summed E-state index contributed by atoms with van der Waals surface area (Å²) in [5.74, 6) is -1.08. The Morgan fingerprint density at radius 1 is 1.25 bits per heavy atom. The lowest BCUT2D eigenvalue weighted by Crippen LogP contribution is -2.79. The van der Waals surface area contributed by atoms with Crippen LogP contribution in [0.25, 0.3) is 0 Å². The molecule has 174 valence electrons. The molecule has 8 heteroatoms. The molecule has 4 fully saturated rings. The van der Waals surface area contributed by atoms with Crippen LogP contribution in [-0.2, 0) is 33.3 Å². The smallest absolute Gasteiger partial charge is 0.313 e. The molecule has 5 rings (SSSR count). The molecule has 0 unspecified atom stereocenters. The third kappa shape index (κ3) is 2.74. The Balaban J connectivity index is 1.58. The zero-order valence-electron chi connectivity index (χ0n) is 18.8. The van der Waals surface area contributed by atoms with Gasteiger partial charge < -0.3 is 23.4 Å². The fourth-order valence-electron chi connectivity index (χ4n) is 7.25. The van der Waals surface area contributed by atoms with Gasteiger partial charge in [0.2, 0.25) is 0 Å². The zero-order chi connectivity index (χ0) is 22.7. The van der Waals surface area contributed by atoms with Gasteiger partial charge in [-0.1, -0.05) is 13.3 Å². The molecule has 3 heterocycles. The fraction of sp³-hybridized carbons (Fsp3) is 0.708. The summed E-state index contributed by atoms with van der Waals surface area (Å²) in [6.45, 7) is 5.32. The first-order valence-electron chi connectivity index (χ1n) is 11.4. The molecule has 7 atom stereocenters. The number of fused-ring (bicyclic) bond motifs is 1. The highest BCUT2D eigenvalue weighted by molar-refractivity contribution is 5.81. The summed E-state index contributed by atoms with van der Waals surface area (Å²) in [7, 11) is 0. The number of carbonyl (C=O) groups excluding carboxylic acids is 3. The largest absolute Gasteiger partial charge is 0.472 e. The summed E-state index contributed by atoms with van der Waals surface area (Å²) in [4.78, 5) is 37.3. The summed E-state index contributed by atoms with van der Waals surface area (Å²) < 4.78 is 28.7. The summed E-state index contributed by atoms with van der Waals surface area (Å²) in [5.41, 5.74) is -1.22. The lowest BCUT2D eigenvalue weighted by Gasteiger charge is -2.71. The molecule has 4 aliphatic rings. The number of hydrogen-bond donors (Lipinski definition) is 0. The van der Waals surface area contributed by atoms with Gasteiger partial charge in [0.25, 0.3) is 0 Å². The normalized spacial score (nSPS) is 42.4. The number of ether oxygens (including phenoxy) is 4. The summed E-state index contributed by atoms with van der Waals surface area (Å²) >= 11 is 0. The van der Waals surface area contributed by atoms with Gasteiger partial charge in [-0.3, -0.25) is 14.4 Å². The Labute approximate surface area is 186 Å². The van der Waals surface area contributed by atoms with Crippen LogP contribution in [0.2, 0.25) is 0 Å². The van der Waals surface area contributed by atoms with Crippen molar-refractivity contribution in [1.29, 1.82) is 0 Å². The second-order valence-electron chi connectivity index (χ2n) is 9.98. The minimum atomic E-state index is -0.761. The molecule has 2 saturated carbocycles. The van der Waals surface area contributed by atoms with Crippen LogP contribution in [-0.4, -0.2) is 42.8 Å². The van der Waals surface area contributed by atoms with Crippen molar-refractivity contribution in [3.05, 3.63) is 24.2 Å². The van der Waals surface area contributed by atoms with Gasteiger partial charge in [0.05, 0.1) is 30.0 Å². The van der Waals surface area contributed by atoms with Crippen LogP contribution in [0, 0.1) is 22.7 Å². The number of furan rings is 1. The first kappa shape index (κ1) is 21.5. The van der Waals surface area contributed by atoms with Crippen molar-refractivity contribution in [2.75, 3.05) is 13.2 Å². The second-order valence-corrected chi connectivity index (χ2v) is 9.98. The SMILES string of the molecule is CC(=O)OC[C@@]12CCC[C@@H]3[C@@]4(C[C@@H](c5ccoc5)OC4=O)[C@H](C)C[C@@H](OC(C)=O)[C@]31CO2. The lowest BCUT2D eigenvalue weighted by molar-refractivity contribution is -0.373. The molecule has 8 nitrogen and oxygen atoms in total. The fourth-order valence-corrected chi connectivity index (χ4v) is 7.25. The van der Waals surface area contributed by atoms with E-state index in [1.165, 1.54) is 13.8 Å². The van der Waals surface area contributed by atoms with Crippen LogP contribution in [0.3, 0.4) is 0 Å². The van der Waals surface area contributed by atoms with E-state index in [2.05, 4.69) is 6.92 Å². The molecule has 2 aliphatic carbocycles. The highest BCUT2D eigenvalue weighted by Crippen LogP contribution is 2.72. The molecule has 2 spiro atoms. The highest BCUT2D eigenvalue weighted by atomic mass is 16.6. The zero-order valence-corrected chi connectivity index (χ0v) is 18.8. The minimum Gasteiger partial charge on any atom is -0.472 e. The van der Waals surface area contributed by atoms with Crippen molar-refractivity contribution in [2.45, 2.75) is 70.7 Å². The number of esters is 3. The Morgan fingerprint density at radius 2 is 2.06 bits per heavy atom. The summed E-state index contributed by atoms with van der Waals surface area (Å²) in [6.07, 6.45) is 5.86. The first-order chi connectivity index (χ1) is 15.2. The number of carbonyl (C=O) groups is 3. The Morgan fingerprint density at radius 3 is 2.69 bits per heavy atom. The molecule has 2 aliphatic heterocycles. The van der Waals surface area contributed by atoms with E-state index < -0.39 is 22.5 Å². The molecule has 1 aromatic heterocycles. The summed E-state index contributed by atoms with van der Waals surface area (Å²) in [6, 6.07) is 1.83. The number of rotatable bonds is 4. The Bertz CT molecular complexity index is 924. The Hall–Kier alpha value is -2.35. The third-order valence-corrected chi connectivity index (χ3v) is 8.66. The van der Waals surface area contributed by atoms with Gasteiger partial charge in [-0.25, -0.2) is 0 Å². The minimum absolute atomic E-state index is 0.0444. The van der Waals surface area contributed by atoms with Gasteiger partial charge in [0.1, 0.15) is 24.4 Å². The second kappa shape index (κ2) is 7.33. The number of hydrogen-bond acceptors (Lipinski definition) is 8. The van der Waals surface area contributed by atoms with E-state index in [-0.39, 0.29) is 42.5 Å². The molecule has 0 amide bonds. The average Bonchev–Trinajstić information content (AvgIpc) is 3.35. The maximum absolute atomic E-state index is 13.6. The van der Waals surface area contributed by atoms with Gasteiger partial charge in [0.15, 0.2) is 0 Å². The van der Waals surface area contributed by atoms with E-state index in [1.54, 1.807) is 12.5 Å². The molecule has 0 aromatic carbocycles. The maximum Gasteiger partial charge on any atom is 0.313 e. The average molecular weight is 446 g/mol. The van der Waals surface area contributed by atoms with Crippen molar-refractivity contribution >= 4 is 17.9 Å². The van der Waals surface area contributed by atoms with E-state index in [1.807, 2.05) is 6.07 Å². The topological polar surface area (TPSA) is 101 Å².